The Balaban J connectivity index is 1.62. The largest absolute Gasteiger partial charge is 0.484 e. The van der Waals surface area contributed by atoms with Gasteiger partial charge in [0.2, 0.25) is 0 Å². The van der Waals surface area contributed by atoms with Gasteiger partial charge in [0, 0.05) is 38.1 Å². The molecule has 31 heavy (non-hydrogen) atoms. The molecule has 0 aliphatic heterocycles. The molecule has 5 N–H and O–H groups in total. The van der Waals surface area contributed by atoms with Crippen molar-refractivity contribution in [2.75, 3.05) is 38.1 Å². The zero-order chi connectivity index (χ0) is 22.5. The van der Waals surface area contributed by atoms with E-state index in [9.17, 15) is 14.3 Å². The molecule has 2 aromatic rings. The van der Waals surface area contributed by atoms with E-state index in [1.54, 1.807) is 12.1 Å². The number of ether oxygens (including phenoxy) is 1. The van der Waals surface area contributed by atoms with Crippen molar-refractivity contribution in [2.45, 2.75) is 19.2 Å². The fraction of sp³-hybridized carbons (Fsp3) is 0.400. The summed E-state index contributed by atoms with van der Waals surface area (Å²) in [6.45, 7) is 4.83. The molecular formula is C20H26FN7O3. The Morgan fingerprint density at radius 2 is 2.19 bits per heavy atom. The summed E-state index contributed by atoms with van der Waals surface area (Å²) in [6, 6.07) is 5.46. The lowest BCUT2D eigenvalue weighted by molar-refractivity contribution is 0.112. The van der Waals surface area contributed by atoms with Crippen LogP contribution in [0.5, 0.6) is 5.75 Å². The number of nitrogens with zero attached hydrogens (tertiary/aromatic N) is 3. The highest BCUT2D eigenvalue weighted by atomic mass is 19.1. The maximum Gasteiger partial charge on any atom is 0.273 e. The number of nitriles is 1. The number of halogens is 1. The minimum Gasteiger partial charge on any atom is -0.484 e. The molecule has 0 bridgehead atoms. The minimum atomic E-state index is -0.986. The number of aromatic amines is 1. The monoisotopic (exact) mass is 431 g/mol. The van der Waals surface area contributed by atoms with Gasteiger partial charge in [-0.2, -0.15) is 10.4 Å². The zero-order valence-corrected chi connectivity index (χ0v) is 17.0. The Labute approximate surface area is 179 Å². The number of rotatable bonds is 14. The van der Waals surface area contributed by atoms with Crippen molar-refractivity contribution >= 4 is 5.82 Å². The number of alkyl halides is 1. The number of nitrogens with one attached hydrogen (secondary N) is 4. The van der Waals surface area contributed by atoms with Gasteiger partial charge in [0.25, 0.3) is 5.56 Å². The molecule has 0 fully saturated rings. The van der Waals surface area contributed by atoms with Gasteiger partial charge in [-0.3, -0.25) is 4.79 Å². The second kappa shape index (κ2) is 12.9. The molecular weight excluding hydrogens is 405 g/mol. The number of anilines is 1. The van der Waals surface area contributed by atoms with Crippen LogP contribution in [0.3, 0.4) is 0 Å². The Bertz CT molecular complexity index is 928. The van der Waals surface area contributed by atoms with E-state index in [2.05, 4.69) is 37.7 Å². The predicted molar refractivity (Wildman–Crippen MR) is 113 cm³/mol. The molecule has 0 saturated heterocycles. The van der Waals surface area contributed by atoms with E-state index in [0.29, 0.717) is 44.0 Å². The lowest BCUT2D eigenvalue weighted by atomic mass is 10.3. The molecule has 166 valence electrons. The van der Waals surface area contributed by atoms with Gasteiger partial charge in [0.05, 0.1) is 23.9 Å². The van der Waals surface area contributed by atoms with Gasteiger partial charge < -0.3 is 25.8 Å². The van der Waals surface area contributed by atoms with E-state index in [-0.39, 0.29) is 17.9 Å². The van der Waals surface area contributed by atoms with E-state index in [1.807, 2.05) is 6.07 Å². The molecule has 0 radical (unpaired) electrons. The number of H-pyrrole nitrogens is 1. The summed E-state index contributed by atoms with van der Waals surface area (Å²) in [4.78, 5) is 15.7. The molecule has 0 unspecified atom stereocenters. The Kier molecular flexibility index (Phi) is 9.93. The summed E-state index contributed by atoms with van der Waals surface area (Å²) in [5.41, 5.74) is 0.532. The maximum atomic E-state index is 13.0. The van der Waals surface area contributed by atoms with Crippen molar-refractivity contribution in [3.8, 4) is 11.8 Å². The van der Waals surface area contributed by atoms with Crippen LogP contribution in [0.2, 0.25) is 0 Å². The van der Waals surface area contributed by atoms with Crippen LogP contribution in [0.15, 0.2) is 41.6 Å². The van der Waals surface area contributed by atoms with Crippen LogP contribution >= 0.6 is 0 Å². The van der Waals surface area contributed by atoms with Gasteiger partial charge in [-0.05, 0) is 18.6 Å². The van der Waals surface area contributed by atoms with Crippen molar-refractivity contribution in [1.82, 2.24) is 25.8 Å². The van der Waals surface area contributed by atoms with Crippen LogP contribution < -0.4 is 26.2 Å². The number of aliphatic hydroxyl groups is 1. The van der Waals surface area contributed by atoms with Crippen LogP contribution in [0, 0.1) is 11.3 Å². The molecule has 0 aromatic carbocycles. The molecule has 1 atom stereocenters. The summed E-state index contributed by atoms with van der Waals surface area (Å²) in [5, 5.41) is 33.4. The van der Waals surface area contributed by atoms with E-state index in [1.165, 1.54) is 12.4 Å². The average molecular weight is 431 g/mol. The first kappa shape index (κ1) is 23.8. The topological polar surface area (TPSA) is 148 Å². The third-order valence-electron chi connectivity index (χ3n) is 4.22. The van der Waals surface area contributed by atoms with E-state index < -0.39 is 18.3 Å². The molecule has 2 aromatic heterocycles. The van der Waals surface area contributed by atoms with Crippen molar-refractivity contribution in [2.24, 2.45) is 0 Å². The molecule has 2 rings (SSSR count). The van der Waals surface area contributed by atoms with E-state index in [4.69, 9.17) is 10.00 Å². The zero-order valence-electron chi connectivity index (χ0n) is 17.0. The summed E-state index contributed by atoms with van der Waals surface area (Å²) in [7, 11) is 0. The van der Waals surface area contributed by atoms with Crippen LogP contribution in [-0.4, -0.2) is 59.2 Å². The predicted octanol–water partition coefficient (Wildman–Crippen LogP) is 0.441. The first-order chi connectivity index (χ1) is 15.1. The number of aliphatic hydroxyl groups excluding tert-OH is 1. The third kappa shape index (κ3) is 8.04. The highest BCUT2D eigenvalue weighted by Crippen LogP contribution is 2.15. The smallest absolute Gasteiger partial charge is 0.273 e. The van der Waals surface area contributed by atoms with E-state index in [0.717, 1.165) is 5.70 Å². The van der Waals surface area contributed by atoms with Gasteiger partial charge in [-0.25, -0.2) is 14.5 Å². The average Bonchev–Trinajstić information content (AvgIpc) is 2.79. The lowest BCUT2D eigenvalue weighted by Gasteiger charge is -2.18. The van der Waals surface area contributed by atoms with Crippen LogP contribution in [0.4, 0.5) is 10.2 Å². The summed E-state index contributed by atoms with van der Waals surface area (Å²) < 4.78 is 18.5. The Morgan fingerprint density at radius 1 is 1.35 bits per heavy atom. The SMILES string of the molecule is C=C(CCNC[C@H](CO)Oc1cn[nH]c(=O)c1CF)NCCNc1ccc(C#N)cn1. The molecule has 0 spiro atoms. The number of aromatic nitrogens is 3. The van der Waals surface area contributed by atoms with Crippen molar-refractivity contribution in [3.05, 3.63) is 58.3 Å². The fourth-order valence-corrected chi connectivity index (χ4v) is 2.54. The molecule has 2 heterocycles. The van der Waals surface area contributed by atoms with E-state index >= 15 is 0 Å². The lowest BCUT2D eigenvalue weighted by Crippen LogP contribution is -2.36. The van der Waals surface area contributed by atoms with Gasteiger partial charge in [0.1, 0.15) is 24.7 Å². The molecule has 0 aliphatic rings. The van der Waals surface area contributed by atoms with Gasteiger partial charge in [-0.1, -0.05) is 6.58 Å². The summed E-state index contributed by atoms with van der Waals surface area (Å²) >= 11 is 0. The van der Waals surface area contributed by atoms with Crippen molar-refractivity contribution in [1.29, 1.82) is 5.26 Å². The number of hydrogen-bond donors (Lipinski definition) is 5. The second-order valence-corrected chi connectivity index (χ2v) is 6.55. The fourth-order valence-electron chi connectivity index (χ4n) is 2.54. The molecule has 0 aliphatic carbocycles. The quantitative estimate of drug-likeness (QED) is 0.269. The first-order valence-electron chi connectivity index (χ1n) is 9.69. The standard InChI is InChI=1S/C20H26FN7O3/c1-14(24-6-7-25-19-3-2-15(9-22)10-26-19)4-5-23-11-16(13-29)31-18-12-27-28-20(30)17(18)8-21/h2-3,10,12,16,23-24,29H,1,4-8,11,13H2,(H,25,26)(H,28,30)/t16-/m1/s1. The van der Waals surface area contributed by atoms with Crippen LogP contribution in [0.1, 0.15) is 17.5 Å². The molecule has 10 nitrogen and oxygen atoms in total. The van der Waals surface area contributed by atoms with Gasteiger partial charge >= 0.3 is 0 Å². The van der Waals surface area contributed by atoms with Crippen LogP contribution in [0.25, 0.3) is 0 Å². The van der Waals surface area contributed by atoms with Crippen molar-refractivity contribution < 1.29 is 14.2 Å². The number of hydrogen-bond acceptors (Lipinski definition) is 9. The highest BCUT2D eigenvalue weighted by molar-refractivity contribution is 5.38. The number of pyridine rings is 1. The Hall–Kier alpha value is -3.49. The minimum absolute atomic E-state index is 0.0161. The first-order valence-corrected chi connectivity index (χ1v) is 9.69. The molecule has 11 heteroatoms. The molecule has 0 amide bonds. The second-order valence-electron chi connectivity index (χ2n) is 6.55. The third-order valence-corrected chi connectivity index (χ3v) is 4.22. The normalized spacial score (nSPS) is 11.4. The maximum absolute atomic E-state index is 13.0. The molecule has 0 saturated carbocycles. The highest BCUT2D eigenvalue weighted by Gasteiger charge is 2.14. The van der Waals surface area contributed by atoms with Gasteiger partial charge in [-0.15, -0.1) is 0 Å². The van der Waals surface area contributed by atoms with Crippen LogP contribution in [-0.2, 0) is 6.67 Å². The summed E-state index contributed by atoms with van der Waals surface area (Å²) in [5.74, 6) is 0.706. The summed E-state index contributed by atoms with van der Waals surface area (Å²) in [6.07, 6.45) is 2.72. The van der Waals surface area contributed by atoms with Gasteiger partial charge in [0.15, 0.2) is 5.75 Å². The van der Waals surface area contributed by atoms with Crippen molar-refractivity contribution in [3.63, 3.8) is 0 Å². The Morgan fingerprint density at radius 3 is 2.87 bits per heavy atom.